The Kier molecular flexibility index (Phi) is 6.76. The summed E-state index contributed by atoms with van der Waals surface area (Å²) >= 11 is 3.04. The Morgan fingerprint density at radius 2 is 2.12 bits per heavy atom. The van der Waals surface area contributed by atoms with E-state index < -0.39 is 17.8 Å². The summed E-state index contributed by atoms with van der Waals surface area (Å²) in [5.41, 5.74) is 2.13. The Labute approximate surface area is 193 Å². The number of nitrogens with one attached hydrogen (secondary N) is 1. The van der Waals surface area contributed by atoms with E-state index in [1.54, 1.807) is 30.4 Å². The van der Waals surface area contributed by atoms with Gasteiger partial charge in [-0.3, -0.25) is 4.79 Å². The van der Waals surface area contributed by atoms with E-state index in [0.29, 0.717) is 34.2 Å². The van der Waals surface area contributed by atoms with Gasteiger partial charge in [0.2, 0.25) is 5.91 Å². The minimum Gasteiger partial charge on any atom is -0.466 e. The molecule has 0 aliphatic carbocycles. The number of aliphatic imine (C=N–C) groups is 1. The van der Waals surface area contributed by atoms with E-state index >= 15 is 0 Å². The molecule has 166 valence electrons. The van der Waals surface area contributed by atoms with Crippen molar-refractivity contribution in [1.29, 1.82) is 0 Å². The maximum Gasteiger partial charge on any atom is 0.338 e. The van der Waals surface area contributed by atoms with Crippen molar-refractivity contribution in [2.24, 2.45) is 4.99 Å². The van der Waals surface area contributed by atoms with Crippen molar-refractivity contribution in [2.75, 3.05) is 13.7 Å². The lowest BCUT2D eigenvalue weighted by Gasteiger charge is -2.36. The number of nitrogens with zero attached hydrogens (tertiary/aromatic N) is 2. The zero-order chi connectivity index (χ0) is 22.7. The van der Waals surface area contributed by atoms with Crippen LogP contribution in [-0.4, -0.2) is 35.6 Å². The predicted molar refractivity (Wildman–Crippen MR) is 124 cm³/mol. The van der Waals surface area contributed by atoms with Crippen LogP contribution in [0.25, 0.3) is 0 Å². The molecule has 0 saturated heterocycles. The second-order valence-corrected chi connectivity index (χ2v) is 9.16. The zero-order valence-electron chi connectivity index (χ0n) is 17.6. The van der Waals surface area contributed by atoms with Crippen molar-refractivity contribution in [3.05, 3.63) is 80.4 Å². The second kappa shape index (κ2) is 9.70. The number of halogens is 1. The normalized spacial score (nSPS) is 17.6. The van der Waals surface area contributed by atoms with E-state index in [1.807, 2.05) is 27.8 Å². The summed E-state index contributed by atoms with van der Waals surface area (Å²) in [6.07, 6.45) is 0.893. The minimum atomic E-state index is -0.634. The quantitative estimate of drug-likeness (QED) is 0.607. The van der Waals surface area contributed by atoms with E-state index in [0.717, 1.165) is 6.42 Å². The number of esters is 1. The Hall–Kier alpha value is -2.91. The lowest BCUT2D eigenvalue weighted by Crippen LogP contribution is -2.38. The van der Waals surface area contributed by atoms with Gasteiger partial charge in [-0.25, -0.2) is 14.2 Å². The fourth-order valence-electron chi connectivity index (χ4n) is 3.74. The Bertz CT molecular complexity index is 1130. The largest absolute Gasteiger partial charge is 0.466 e. The lowest BCUT2D eigenvalue weighted by molar-refractivity contribution is -0.136. The van der Waals surface area contributed by atoms with Gasteiger partial charge in [0.25, 0.3) is 0 Å². The summed E-state index contributed by atoms with van der Waals surface area (Å²) in [7, 11) is 1.31. The standard InChI is InChI=1S/C23H22FN3O3S2/c1-14-20(22(29)30-2)21(15-5-3-6-16(24)11-15)27-17(13-32-23(27)26-14)12-19(28)25-9-8-18-7-4-10-31-18/h3-7,10-11,13,21H,8-9,12H2,1-2H3,(H,25,28)/t21-/m0/s1. The number of fused-ring (bicyclic) bond motifs is 1. The van der Waals surface area contributed by atoms with Crippen LogP contribution in [0.3, 0.4) is 0 Å². The number of thiophene rings is 1. The topological polar surface area (TPSA) is 71.0 Å². The van der Waals surface area contributed by atoms with Crippen LogP contribution in [0.4, 0.5) is 4.39 Å². The molecule has 0 saturated carbocycles. The second-order valence-electron chi connectivity index (χ2n) is 7.30. The number of ether oxygens (including phenoxy) is 1. The third-order valence-corrected chi connectivity index (χ3v) is 7.01. The summed E-state index contributed by atoms with van der Waals surface area (Å²) in [6.45, 7) is 2.28. The molecule has 9 heteroatoms. The predicted octanol–water partition coefficient (Wildman–Crippen LogP) is 4.38. The number of hydrogen-bond acceptors (Lipinski definition) is 7. The molecule has 0 spiro atoms. The smallest absolute Gasteiger partial charge is 0.338 e. The molecule has 1 aromatic carbocycles. The highest BCUT2D eigenvalue weighted by Gasteiger charge is 2.41. The highest BCUT2D eigenvalue weighted by Crippen LogP contribution is 2.44. The van der Waals surface area contributed by atoms with Crippen LogP contribution in [0.2, 0.25) is 0 Å². The Morgan fingerprint density at radius 3 is 2.84 bits per heavy atom. The van der Waals surface area contributed by atoms with Gasteiger partial charge in [0.15, 0.2) is 5.17 Å². The molecule has 1 atom stereocenters. The molecule has 1 N–H and O–H groups in total. The zero-order valence-corrected chi connectivity index (χ0v) is 19.3. The van der Waals surface area contributed by atoms with Crippen molar-refractivity contribution in [2.45, 2.75) is 25.8 Å². The van der Waals surface area contributed by atoms with Gasteiger partial charge < -0.3 is 15.0 Å². The van der Waals surface area contributed by atoms with Gasteiger partial charge in [0.1, 0.15) is 5.82 Å². The summed E-state index contributed by atoms with van der Waals surface area (Å²) in [5, 5.41) is 7.46. The molecule has 0 radical (unpaired) electrons. The lowest BCUT2D eigenvalue weighted by atomic mass is 9.94. The van der Waals surface area contributed by atoms with Gasteiger partial charge in [0.05, 0.1) is 30.8 Å². The monoisotopic (exact) mass is 471 g/mol. The molecule has 1 amide bonds. The van der Waals surface area contributed by atoms with E-state index in [4.69, 9.17) is 4.74 Å². The number of allylic oxidation sites excluding steroid dienone is 1. The molecular formula is C23H22FN3O3S2. The number of amides is 1. The molecule has 0 bridgehead atoms. The molecule has 2 aliphatic rings. The highest BCUT2D eigenvalue weighted by molar-refractivity contribution is 8.16. The summed E-state index contributed by atoms with van der Waals surface area (Å²) in [5.74, 6) is -1.06. The van der Waals surface area contributed by atoms with E-state index in [-0.39, 0.29) is 12.3 Å². The van der Waals surface area contributed by atoms with Crippen molar-refractivity contribution in [3.8, 4) is 0 Å². The van der Waals surface area contributed by atoms with E-state index in [1.165, 1.54) is 35.9 Å². The van der Waals surface area contributed by atoms with Gasteiger partial charge in [-0.2, -0.15) is 0 Å². The molecule has 0 fully saturated rings. The molecular weight excluding hydrogens is 449 g/mol. The number of carbonyl (C=O) groups excluding carboxylic acids is 2. The Morgan fingerprint density at radius 1 is 1.28 bits per heavy atom. The fourth-order valence-corrected chi connectivity index (χ4v) is 5.41. The van der Waals surface area contributed by atoms with Crippen LogP contribution in [-0.2, 0) is 20.7 Å². The number of rotatable bonds is 7. The van der Waals surface area contributed by atoms with Gasteiger partial charge in [-0.1, -0.05) is 30.0 Å². The molecule has 1 aromatic heterocycles. The van der Waals surface area contributed by atoms with Crippen LogP contribution < -0.4 is 5.32 Å². The van der Waals surface area contributed by atoms with E-state index in [2.05, 4.69) is 10.3 Å². The maximum atomic E-state index is 14.1. The van der Waals surface area contributed by atoms with Gasteiger partial charge in [0, 0.05) is 17.1 Å². The van der Waals surface area contributed by atoms with Crippen molar-refractivity contribution in [1.82, 2.24) is 10.2 Å². The van der Waals surface area contributed by atoms with Gasteiger partial charge in [-0.05, 0) is 47.9 Å². The first-order valence-electron chi connectivity index (χ1n) is 10.0. The van der Waals surface area contributed by atoms with Gasteiger partial charge >= 0.3 is 5.97 Å². The fraction of sp³-hybridized carbons (Fsp3) is 0.261. The average Bonchev–Trinajstić information content (AvgIpc) is 3.42. The SMILES string of the molecule is COC(=O)C1=C(C)N=C2SC=C(CC(=O)NCCc3cccs3)N2[C@H]1c1cccc(F)c1. The molecule has 32 heavy (non-hydrogen) atoms. The number of methoxy groups -OCH3 is 1. The first kappa shape index (κ1) is 22.3. The number of benzene rings is 1. The van der Waals surface area contributed by atoms with Crippen molar-refractivity contribution >= 4 is 40.1 Å². The van der Waals surface area contributed by atoms with Gasteiger partial charge in [-0.15, -0.1) is 11.3 Å². The first-order valence-corrected chi connectivity index (χ1v) is 11.8. The summed E-state index contributed by atoms with van der Waals surface area (Å²) in [6, 6.07) is 9.50. The molecule has 6 nitrogen and oxygen atoms in total. The van der Waals surface area contributed by atoms with Crippen LogP contribution >= 0.6 is 23.1 Å². The highest BCUT2D eigenvalue weighted by atomic mass is 32.2. The van der Waals surface area contributed by atoms with Crippen molar-refractivity contribution in [3.63, 3.8) is 0 Å². The van der Waals surface area contributed by atoms with Crippen LogP contribution in [0.5, 0.6) is 0 Å². The van der Waals surface area contributed by atoms with Crippen LogP contribution in [0.15, 0.2) is 69.1 Å². The maximum absolute atomic E-state index is 14.1. The Balaban J connectivity index is 1.57. The first-order chi connectivity index (χ1) is 15.5. The summed E-state index contributed by atoms with van der Waals surface area (Å²) in [4.78, 5) is 32.9. The van der Waals surface area contributed by atoms with Crippen molar-refractivity contribution < 1.29 is 18.7 Å². The molecule has 2 aromatic rings. The molecule has 3 heterocycles. The number of hydrogen-bond donors (Lipinski definition) is 1. The van der Waals surface area contributed by atoms with E-state index in [9.17, 15) is 14.0 Å². The number of thioether (sulfide) groups is 1. The molecule has 2 aliphatic heterocycles. The van der Waals surface area contributed by atoms with Crippen LogP contribution in [0.1, 0.15) is 29.8 Å². The summed E-state index contributed by atoms with van der Waals surface area (Å²) < 4.78 is 19.1. The minimum absolute atomic E-state index is 0.121. The molecule has 4 rings (SSSR count). The average molecular weight is 472 g/mol. The molecule has 0 unspecified atom stereocenters. The third kappa shape index (κ3) is 4.63. The number of amidine groups is 1. The third-order valence-electron chi connectivity index (χ3n) is 5.19. The number of carbonyl (C=O) groups is 2. The van der Waals surface area contributed by atoms with Crippen LogP contribution in [0, 0.1) is 5.82 Å².